The molecule has 0 saturated carbocycles. The molecule has 1 N–H and O–H groups in total. The molecule has 0 amide bonds. The molecule has 0 heterocycles. The topological polar surface area (TPSA) is 72.8 Å². The van der Waals surface area contributed by atoms with Crippen molar-refractivity contribution in [1.29, 1.82) is 0 Å². The van der Waals surface area contributed by atoms with Crippen LogP contribution in [0, 0.1) is 0 Å². The van der Waals surface area contributed by atoms with Crippen LogP contribution in [0.3, 0.4) is 0 Å². The monoisotopic (exact) mass is 198 g/mol. The van der Waals surface area contributed by atoms with Crippen LogP contribution in [0.4, 0.5) is 0 Å². The summed E-state index contributed by atoms with van der Waals surface area (Å²) in [6.45, 7) is 3.03. The molecule has 12 heavy (non-hydrogen) atoms. The molecule has 0 aliphatic carbocycles. The van der Waals surface area contributed by atoms with E-state index in [1.165, 1.54) is 14.0 Å². The van der Waals surface area contributed by atoms with E-state index in [0.717, 1.165) is 0 Å². The maximum absolute atomic E-state index is 10.5. The molecule has 0 spiro atoms. The SMILES string of the molecule is CCC(OC)OC(C)S(=O)(=O)O. The molecule has 5 nitrogen and oxygen atoms in total. The van der Waals surface area contributed by atoms with Crippen LogP contribution < -0.4 is 0 Å². The van der Waals surface area contributed by atoms with Crippen LogP contribution in [0.1, 0.15) is 20.3 Å². The average Bonchev–Trinajstić information content (AvgIpc) is 1.97. The van der Waals surface area contributed by atoms with Crippen LogP contribution in [-0.2, 0) is 19.6 Å². The molecule has 74 valence electrons. The van der Waals surface area contributed by atoms with E-state index < -0.39 is 21.8 Å². The maximum atomic E-state index is 10.5. The van der Waals surface area contributed by atoms with Gasteiger partial charge < -0.3 is 9.47 Å². The minimum Gasteiger partial charge on any atom is -0.356 e. The zero-order valence-corrected chi connectivity index (χ0v) is 8.17. The molecular formula is C6H14O5S. The molecular weight excluding hydrogens is 184 g/mol. The first-order valence-electron chi connectivity index (χ1n) is 3.56. The Balaban J connectivity index is 4.08. The summed E-state index contributed by atoms with van der Waals surface area (Å²) in [6.07, 6.45) is -0.0713. The van der Waals surface area contributed by atoms with Crippen LogP contribution in [0.5, 0.6) is 0 Å². The van der Waals surface area contributed by atoms with Gasteiger partial charge >= 0.3 is 0 Å². The van der Waals surface area contributed by atoms with Crippen molar-refractivity contribution in [2.45, 2.75) is 32.0 Å². The summed E-state index contributed by atoms with van der Waals surface area (Å²) in [5.74, 6) is 0. The van der Waals surface area contributed by atoms with Crippen LogP contribution >= 0.6 is 0 Å². The lowest BCUT2D eigenvalue weighted by Crippen LogP contribution is -2.27. The third kappa shape index (κ3) is 4.01. The second-order valence-corrected chi connectivity index (χ2v) is 3.99. The van der Waals surface area contributed by atoms with Gasteiger partial charge in [0, 0.05) is 7.11 Å². The molecule has 0 aromatic rings. The van der Waals surface area contributed by atoms with Crippen LogP contribution in [0.25, 0.3) is 0 Å². The van der Waals surface area contributed by atoms with Crippen molar-refractivity contribution in [3.8, 4) is 0 Å². The number of hydrogen-bond acceptors (Lipinski definition) is 4. The predicted molar refractivity (Wildman–Crippen MR) is 43.2 cm³/mol. The van der Waals surface area contributed by atoms with E-state index in [1.54, 1.807) is 6.92 Å². The Hall–Kier alpha value is -0.170. The number of rotatable bonds is 5. The number of methoxy groups -OCH3 is 1. The summed E-state index contributed by atoms with van der Waals surface area (Å²) < 4.78 is 39.1. The number of hydrogen-bond donors (Lipinski definition) is 1. The minimum absolute atomic E-state index is 0.524. The number of ether oxygens (including phenoxy) is 2. The largest absolute Gasteiger partial charge is 0.356 e. The van der Waals surface area contributed by atoms with Crippen molar-refractivity contribution in [2.24, 2.45) is 0 Å². The molecule has 2 unspecified atom stereocenters. The quantitative estimate of drug-likeness (QED) is 0.518. The third-order valence-corrected chi connectivity index (χ3v) is 2.31. The normalized spacial score (nSPS) is 17.3. The molecule has 0 aromatic carbocycles. The van der Waals surface area contributed by atoms with E-state index >= 15 is 0 Å². The van der Waals surface area contributed by atoms with Gasteiger partial charge in [-0.1, -0.05) is 6.92 Å². The van der Waals surface area contributed by atoms with Crippen molar-refractivity contribution < 1.29 is 22.4 Å². The van der Waals surface area contributed by atoms with E-state index in [9.17, 15) is 8.42 Å². The first kappa shape index (κ1) is 11.8. The van der Waals surface area contributed by atoms with Gasteiger partial charge in [0.05, 0.1) is 0 Å². The van der Waals surface area contributed by atoms with Crippen molar-refractivity contribution in [3.63, 3.8) is 0 Å². The fraction of sp³-hybridized carbons (Fsp3) is 1.00. The lowest BCUT2D eigenvalue weighted by molar-refractivity contribution is -0.133. The molecule has 0 aromatic heterocycles. The summed E-state index contributed by atoms with van der Waals surface area (Å²) in [4.78, 5) is 0. The maximum Gasteiger partial charge on any atom is 0.292 e. The molecule has 2 atom stereocenters. The second-order valence-electron chi connectivity index (χ2n) is 2.29. The van der Waals surface area contributed by atoms with Gasteiger partial charge in [-0.25, -0.2) is 0 Å². The molecule has 0 bridgehead atoms. The second kappa shape index (κ2) is 4.76. The van der Waals surface area contributed by atoms with Gasteiger partial charge in [0.2, 0.25) is 0 Å². The van der Waals surface area contributed by atoms with Crippen molar-refractivity contribution in [1.82, 2.24) is 0 Å². The van der Waals surface area contributed by atoms with E-state index in [0.29, 0.717) is 6.42 Å². The Labute approximate surface area is 72.4 Å². The zero-order valence-electron chi connectivity index (χ0n) is 7.35. The van der Waals surface area contributed by atoms with Crippen molar-refractivity contribution in [2.75, 3.05) is 7.11 Å². The van der Waals surface area contributed by atoms with Gasteiger partial charge in [-0.3, -0.25) is 4.55 Å². The van der Waals surface area contributed by atoms with Gasteiger partial charge in [-0.05, 0) is 13.3 Å². The predicted octanol–water partition coefficient (Wildman–Crippen LogP) is 0.619. The van der Waals surface area contributed by atoms with Crippen LogP contribution in [0.2, 0.25) is 0 Å². The first-order valence-corrected chi connectivity index (χ1v) is 5.06. The van der Waals surface area contributed by atoms with E-state index in [-0.39, 0.29) is 0 Å². The highest BCUT2D eigenvalue weighted by Gasteiger charge is 2.21. The Kier molecular flexibility index (Phi) is 4.69. The van der Waals surface area contributed by atoms with Gasteiger partial charge in [-0.2, -0.15) is 8.42 Å². The Bertz CT molecular complexity index is 206. The molecule has 0 radical (unpaired) electrons. The summed E-state index contributed by atoms with van der Waals surface area (Å²) >= 11 is 0. The molecule has 0 aliphatic rings. The Morgan fingerprint density at radius 1 is 1.50 bits per heavy atom. The van der Waals surface area contributed by atoms with Crippen molar-refractivity contribution >= 4 is 10.1 Å². The van der Waals surface area contributed by atoms with E-state index in [4.69, 9.17) is 14.0 Å². The summed E-state index contributed by atoms with van der Waals surface area (Å²) in [7, 11) is -2.71. The van der Waals surface area contributed by atoms with Gasteiger partial charge in [0.15, 0.2) is 11.7 Å². The summed E-state index contributed by atoms with van der Waals surface area (Å²) in [5, 5.41) is 0. The highest BCUT2D eigenvalue weighted by molar-refractivity contribution is 7.86. The van der Waals surface area contributed by atoms with Crippen molar-refractivity contribution in [3.05, 3.63) is 0 Å². The van der Waals surface area contributed by atoms with E-state index in [2.05, 4.69) is 0 Å². The van der Waals surface area contributed by atoms with Gasteiger partial charge in [-0.15, -0.1) is 0 Å². The third-order valence-electron chi connectivity index (χ3n) is 1.36. The Morgan fingerprint density at radius 2 is 2.00 bits per heavy atom. The van der Waals surface area contributed by atoms with Crippen LogP contribution in [0.15, 0.2) is 0 Å². The highest BCUT2D eigenvalue weighted by atomic mass is 32.2. The molecule has 0 rings (SSSR count). The van der Waals surface area contributed by atoms with Crippen LogP contribution in [-0.4, -0.2) is 31.8 Å². The zero-order chi connectivity index (χ0) is 9.78. The Morgan fingerprint density at radius 3 is 2.25 bits per heavy atom. The molecule has 0 aliphatic heterocycles. The summed E-state index contributed by atoms with van der Waals surface area (Å²) in [5.41, 5.74) is -1.25. The summed E-state index contributed by atoms with van der Waals surface area (Å²) in [6, 6.07) is 0. The fourth-order valence-electron chi connectivity index (χ4n) is 0.602. The molecule has 0 fully saturated rings. The molecule has 0 saturated heterocycles. The van der Waals surface area contributed by atoms with Gasteiger partial charge in [0.1, 0.15) is 0 Å². The highest BCUT2D eigenvalue weighted by Crippen LogP contribution is 2.07. The molecule has 6 heteroatoms. The van der Waals surface area contributed by atoms with Gasteiger partial charge in [0.25, 0.3) is 10.1 Å². The first-order chi connectivity index (χ1) is 5.41. The lowest BCUT2D eigenvalue weighted by Gasteiger charge is -2.17. The van der Waals surface area contributed by atoms with E-state index in [1.807, 2.05) is 0 Å². The average molecular weight is 198 g/mol. The minimum atomic E-state index is -4.12. The lowest BCUT2D eigenvalue weighted by atomic mass is 10.5. The standard InChI is InChI=1S/C6H14O5S/c1-4-6(10-3)11-5(2)12(7,8)9/h5-6H,4H2,1-3H3,(H,7,8,9). The smallest absolute Gasteiger partial charge is 0.292 e. The fourth-order valence-corrected chi connectivity index (χ4v) is 0.867.